The number of carboxylic acids is 1. The van der Waals surface area contributed by atoms with Gasteiger partial charge in [0, 0.05) is 12.4 Å². The van der Waals surface area contributed by atoms with Gasteiger partial charge in [0.1, 0.15) is 11.8 Å². The fraction of sp³-hybridized carbons (Fsp3) is 0. The molecule has 2 aromatic rings. The lowest BCUT2D eigenvalue weighted by atomic mass is 10.2. The van der Waals surface area contributed by atoms with E-state index < -0.39 is 5.97 Å². The molecule has 0 aliphatic carbocycles. The van der Waals surface area contributed by atoms with Crippen molar-refractivity contribution in [3.63, 3.8) is 0 Å². The molecule has 0 aliphatic heterocycles. The van der Waals surface area contributed by atoms with Crippen molar-refractivity contribution in [3.05, 3.63) is 46.9 Å². The van der Waals surface area contributed by atoms with E-state index in [1.54, 1.807) is 0 Å². The average molecular weight is 276 g/mol. The third-order valence-electron chi connectivity index (χ3n) is 2.16. The Balaban J connectivity index is 2.34. The Morgan fingerprint density at radius 1 is 1.37 bits per heavy atom. The molecule has 0 radical (unpaired) electrons. The SMILES string of the molecule is N#Cc1nccnc1Oc1ccc(C(=O)O)cc1Cl. The van der Waals surface area contributed by atoms with Crippen LogP contribution in [0, 0.1) is 11.3 Å². The summed E-state index contributed by atoms with van der Waals surface area (Å²) in [4.78, 5) is 18.4. The summed E-state index contributed by atoms with van der Waals surface area (Å²) in [5, 5.41) is 17.8. The van der Waals surface area contributed by atoms with Crippen molar-refractivity contribution in [2.75, 3.05) is 0 Å². The molecule has 2 rings (SSSR count). The number of hydrogen-bond donors (Lipinski definition) is 1. The van der Waals surface area contributed by atoms with E-state index in [0.29, 0.717) is 0 Å². The first-order valence-electron chi connectivity index (χ1n) is 5.03. The summed E-state index contributed by atoms with van der Waals surface area (Å²) >= 11 is 5.90. The van der Waals surface area contributed by atoms with Crippen LogP contribution in [0.2, 0.25) is 5.02 Å². The zero-order valence-electron chi connectivity index (χ0n) is 9.37. The fourth-order valence-corrected chi connectivity index (χ4v) is 1.52. The smallest absolute Gasteiger partial charge is 0.335 e. The van der Waals surface area contributed by atoms with E-state index in [2.05, 4.69) is 9.97 Å². The summed E-state index contributed by atoms with van der Waals surface area (Å²) in [6, 6.07) is 5.81. The molecule has 0 atom stereocenters. The molecule has 6 nitrogen and oxygen atoms in total. The molecule has 1 N–H and O–H groups in total. The number of aromatic nitrogens is 2. The molecule has 7 heteroatoms. The molecule has 19 heavy (non-hydrogen) atoms. The first-order chi connectivity index (χ1) is 9.11. The van der Waals surface area contributed by atoms with E-state index >= 15 is 0 Å². The van der Waals surface area contributed by atoms with Gasteiger partial charge >= 0.3 is 5.97 Å². The number of nitriles is 1. The molecule has 1 aromatic heterocycles. The van der Waals surface area contributed by atoms with E-state index in [4.69, 9.17) is 26.7 Å². The van der Waals surface area contributed by atoms with E-state index in [0.717, 1.165) is 0 Å². The zero-order valence-corrected chi connectivity index (χ0v) is 10.1. The van der Waals surface area contributed by atoms with Crippen LogP contribution < -0.4 is 4.74 Å². The zero-order chi connectivity index (χ0) is 13.8. The van der Waals surface area contributed by atoms with Crippen LogP contribution in [-0.4, -0.2) is 21.0 Å². The highest BCUT2D eigenvalue weighted by Crippen LogP contribution is 2.30. The van der Waals surface area contributed by atoms with Gasteiger partial charge in [0.15, 0.2) is 0 Å². The van der Waals surface area contributed by atoms with Gasteiger partial charge in [0.2, 0.25) is 5.69 Å². The number of hydrogen-bond acceptors (Lipinski definition) is 5. The largest absolute Gasteiger partial charge is 0.478 e. The first-order valence-corrected chi connectivity index (χ1v) is 5.41. The minimum absolute atomic E-state index is 0.00924. The standard InChI is InChI=1S/C12H6ClN3O3/c13-8-5-7(12(17)18)1-2-10(8)19-11-9(6-14)15-3-4-16-11/h1-5H,(H,17,18). The van der Waals surface area contributed by atoms with Crippen LogP contribution in [0.1, 0.15) is 16.1 Å². The maximum absolute atomic E-state index is 10.8. The third kappa shape index (κ3) is 2.78. The second kappa shape index (κ2) is 5.33. The van der Waals surface area contributed by atoms with Gasteiger partial charge in [-0.3, -0.25) is 0 Å². The second-order valence-electron chi connectivity index (χ2n) is 3.37. The molecule has 1 heterocycles. The number of rotatable bonds is 3. The predicted octanol–water partition coefficient (Wildman–Crippen LogP) is 2.49. The number of carboxylic acid groups (broad SMARTS) is 1. The molecular formula is C12H6ClN3O3. The Bertz CT molecular complexity index is 682. The molecule has 0 aliphatic rings. The van der Waals surface area contributed by atoms with Crippen molar-refractivity contribution in [2.45, 2.75) is 0 Å². The summed E-state index contributed by atoms with van der Waals surface area (Å²) in [6.45, 7) is 0. The van der Waals surface area contributed by atoms with Crippen LogP contribution in [-0.2, 0) is 0 Å². The quantitative estimate of drug-likeness (QED) is 0.924. The highest BCUT2D eigenvalue weighted by Gasteiger charge is 2.12. The minimum atomic E-state index is -1.09. The van der Waals surface area contributed by atoms with Gasteiger partial charge in [-0.15, -0.1) is 0 Å². The van der Waals surface area contributed by atoms with Crippen LogP contribution in [0.25, 0.3) is 0 Å². The van der Waals surface area contributed by atoms with Crippen molar-refractivity contribution >= 4 is 17.6 Å². The second-order valence-corrected chi connectivity index (χ2v) is 3.78. The molecule has 0 fully saturated rings. The van der Waals surface area contributed by atoms with Crippen molar-refractivity contribution < 1.29 is 14.6 Å². The lowest BCUT2D eigenvalue weighted by Gasteiger charge is -2.07. The van der Waals surface area contributed by atoms with E-state index in [1.165, 1.54) is 30.6 Å². The topological polar surface area (TPSA) is 96.1 Å². The lowest BCUT2D eigenvalue weighted by molar-refractivity contribution is 0.0697. The van der Waals surface area contributed by atoms with Gasteiger partial charge in [-0.1, -0.05) is 11.6 Å². The predicted molar refractivity (Wildman–Crippen MR) is 65.2 cm³/mol. The molecule has 0 saturated carbocycles. The number of ether oxygens (including phenoxy) is 1. The van der Waals surface area contributed by atoms with Crippen LogP contribution >= 0.6 is 11.6 Å². The fourth-order valence-electron chi connectivity index (χ4n) is 1.30. The van der Waals surface area contributed by atoms with E-state index in [9.17, 15) is 4.79 Å². The summed E-state index contributed by atoms with van der Waals surface area (Å²) in [7, 11) is 0. The molecule has 1 aromatic carbocycles. The summed E-state index contributed by atoms with van der Waals surface area (Å²) in [5.41, 5.74) is 0.0536. The lowest BCUT2D eigenvalue weighted by Crippen LogP contribution is -1.98. The molecule has 0 spiro atoms. The van der Waals surface area contributed by atoms with Gasteiger partial charge in [0.25, 0.3) is 5.88 Å². The average Bonchev–Trinajstić information content (AvgIpc) is 2.41. The number of aromatic carboxylic acids is 1. The number of nitrogens with zero attached hydrogens (tertiary/aromatic N) is 3. The van der Waals surface area contributed by atoms with Crippen molar-refractivity contribution in [3.8, 4) is 17.7 Å². The van der Waals surface area contributed by atoms with Gasteiger partial charge in [-0.05, 0) is 18.2 Å². The van der Waals surface area contributed by atoms with Crippen LogP contribution in [0.3, 0.4) is 0 Å². The Labute approximate surface area is 112 Å². The summed E-state index contributed by atoms with van der Waals surface area (Å²) in [6.07, 6.45) is 2.73. The molecule has 94 valence electrons. The Morgan fingerprint density at radius 2 is 2.11 bits per heavy atom. The Morgan fingerprint density at radius 3 is 2.74 bits per heavy atom. The molecule has 0 unspecified atom stereocenters. The molecule has 0 saturated heterocycles. The van der Waals surface area contributed by atoms with Crippen LogP contribution in [0.15, 0.2) is 30.6 Å². The summed E-state index contributed by atoms with van der Waals surface area (Å²) in [5.74, 6) is -0.885. The van der Waals surface area contributed by atoms with Gasteiger partial charge in [-0.2, -0.15) is 5.26 Å². The molecular weight excluding hydrogens is 270 g/mol. The van der Waals surface area contributed by atoms with E-state index in [-0.39, 0.29) is 27.9 Å². The molecule has 0 amide bonds. The maximum atomic E-state index is 10.8. The van der Waals surface area contributed by atoms with Crippen LogP contribution in [0.4, 0.5) is 0 Å². The number of benzene rings is 1. The van der Waals surface area contributed by atoms with Gasteiger partial charge in [-0.25, -0.2) is 14.8 Å². The van der Waals surface area contributed by atoms with Gasteiger partial charge in [0.05, 0.1) is 10.6 Å². The monoisotopic (exact) mass is 275 g/mol. The Kier molecular flexibility index (Phi) is 3.59. The first kappa shape index (κ1) is 12.8. The highest BCUT2D eigenvalue weighted by atomic mass is 35.5. The number of halogens is 1. The summed E-state index contributed by atoms with van der Waals surface area (Å²) < 4.78 is 5.34. The normalized spacial score (nSPS) is 9.68. The number of carbonyl (C=O) groups is 1. The Hall–Kier alpha value is -2.65. The van der Waals surface area contributed by atoms with Gasteiger partial charge < -0.3 is 9.84 Å². The molecule has 0 bridgehead atoms. The minimum Gasteiger partial charge on any atom is -0.478 e. The van der Waals surface area contributed by atoms with Crippen molar-refractivity contribution in [1.82, 2.24) is 9.97 Å². The van der Waals surface area contributed by atoms with Crippen molar-refractivity contribution in [2.24, 2.45) is 0 Å². The third-order valence-corrected chi connectivity index (χ3v) is 2.45. The van der Waals surface area contributed by atoms with Crippen molar-refractivity contribution in [1.29, 1.82) is 5.26 Å². The van der Waals surface area contributed by atoms with E-state index in [1.807, 2.05) is 6.07 Å². The highest BCUT2D eigenvalue weighted by molar-refractivity contribution is 6.32. The van der Waals surface area contributed by atoms with Crippen LogP contribution in [0.5, 0.6) is 11.6 Å². The maximum Gasteiger partial charge on any atom is 0.335 e.